The van der Waals surface area contributed by atoms with E-state index in [2.05, 4.69) is 15.5 Å². The highest BCUT2D eigenvalue weighted by atomic mass is 16.5. The summed E-state index contributed by atoms with van der Waals surface area (Å²) in [6, 6.07) is 16.6. The van der Waals surface area contributed by atoms with Crippen LogP contribution in [0.5, 0.6) is 0 Å². The molecular weight excluding hydrogens is 418 g/mol. The quantitative estimate of drug-likeness (QED) is 0.439. The molecule has 4 rings (SSSR count). The lowest BCUT2D eigenvalue weighted by Gasteiger charge is -2.10. The summed E-state index contributed by atoms with van der Waals surface area (Å²) in [6.45, 7) is 4.71. The fraction of sp³-hybridized carbons (Fsp3) is 0.200. The molecule has 0 aliphatic rings. The first-order chi connectivity index (χ1) is 16.0. The van der Waals surface area contributed by atoms with E-state index < -0.39 is 5.97 Å². The molecule has 2 aromatic heterocycles. The maximum Gasteiger partial charge on any atom is 0.338 e. The smallest absolute Gasteiger partial charge is 0.338 e. The molecular formula is C25H25N5O3. The number of hydrogen-bond acceptors (Lipinski definition) is 5. The number of nitrogens with one attached hydrogen (secondary N) is 1. The lowest BCUT2D eigenvalue weighted by atomic mass is 10.1. The largest absolute Gasteiger partial charge is 0.465 e. The molecule has 0 aliphatic carbocycles. The van der Waals surface area contributed by atoms with Gasteiger partial charge in [-0.1, -0.05) is 30.3 Å². The van der Waals surface area contributed by atoms with Crippen molar-refractivity contribution in [1.29, 1.82) is 0 Å². The number of carbonyl (C=O) groups excluding carboxylic acids is 2. The predicted octanol–water partition coefficient (Wildman–Crippen LogP) is 3.83. The number of aryl methyl sites for hydroxylation is 1. The van der Waals surface area contributed by atoms with E-state index in [0.29, 0.717) is 35.6 Å². The molecule has 0 fully saturated rings. The number of benzene rings is 2. The molecule has 0 radical (unpaired) electrons. The molecule has 4 aromatic rings. The summed E-state index contributed by atoms with van der Waals surface area (Å²) in [5.74, 6) is -0.603. The average molecular weight is 444 g/mol. The number of aromatic nitrogens is 4. The monoisotopic (exact) mass is 443 g/mol. The molecule has 168 valence electrons. The minimum absolute atomic E-state index is 0.210. The standard InChI is InChI=1S/C25H25N5O3/c1-17-23(18(2)30(28-17)16-21-9-4-5-11-22(21)25(32)33-3)27-24(31)20-10-6-8-19(14-20)15-29-13-7-12-26-29/h4-14H,15-16H2,1-3H3,(H,27,31). The average Bonchev–Trinajstić information content (AvgIpc) is 3.42. The first-order valence-electron chi connectivity index (χ1n) is 10.5. The molecule has 8 nitrogen and oxygen atoms in total. The Balaban J connectivity index is 1.54. The number of hydrogen-bond donors (Lipinski definition) is 1. The number of rotatable bonds is 7. The van der Waals surface area contributed by atoms with E-state index in [9.17, 15) is 9.59 Å². The van der Waals surface area contributed by atoms with Gasteiger partial charge in [-0.05, 0) is 49.2 Å². The lowest BCUT2D eigenvalue weighted by Crippen LogP contribution is -2.14. The maximum atomic E-state index is 13.0. The third kappa shape index (κ3) is 4.85. The summed E-state index contributed by atoms with van der Waals surface area (Å²) >= 11 is 0. The highest BCUT2D eigenvalue weighted by molar-refractivity contribution is 6.05. The number of ether oxygens (including phenoxy) is 1. The van der Waals surface area contributed by atoms with Crippen molar-refractivity contribution in [2.24, 2.45) is 0 Å². The van der Waals surface area contributed by atoms with Crippen LogP contribution in [0.15, 0.2) is 67.0 Å². The molecule has 0 bridgehead atoms. The van der Waals surface area contributed by atoms with Gasteiger partial charge in [0.15, 0.2) is 0 Å². The van der Waals surface area contributed by atoms with Gasteiger partial charge in [-0.25, -0.2) is 4.79 Å². The number of carbonyl (C=O) groups is 2. The van der Waals surface area contributed by atoms with Gasteiger partial charge in [0, 0.05) is 18.0 Å². The Kier molecular flexibility index (Phi) is 6.35. The molecule has 0 unspecified atom stereocenters. The van der Waals surface area contributed by atoms with Crippen LogP contribution in [0.4, 0.5) is 5.69 Å². The second-order valence-corrected chi connectivity index (χ2v) is 7.71. The summed E-state index contributed by atoms with van der Waals surface area (Å²) < 4.78 is 8.47. The second kappa shape index (κ2) is 9.52. The number of esters is 1. The van der Waals surface area contributed by atoms with Crippen LogP contribution >= 0.6 is 0 Å². The van der Waals surface area contributed by atoms with Gasteiger partial charge in [-0.3, -0.25) is 14.2 Å². The van der Waals surface area contributed by atoms with E-state index in [-0.39, 0.29) is 5.91 Å². The van der Waals surface area contributed by atoms with Gasteiger partial charge < -0.3 is 10.1 Å². The van der Waals surface area contributed by atoms with Gasteiger partial charge >= 0.3 is 5.97 Å². The Hall–Kier alpha value is -4.20. The van der Waals surface area contributed by atoms with Crippen molar-refractivity contribution in [1.82, 2.24) is 19.6 Å². The minimum atomic E-state index is -0.393. The Labute approximate surface area is 191 Å². The summed E-state index contributed by atoms with van der Waals surface area (Å²) in [7, 11) is 1.36. The maximum absolute atomic E-state index is 13.0. The summed E-state index contributed by atoms with van der Waals surface area (Å²) in [5, 5.41) is 11.8. The molecule has 0 aliphatic heterocycles. The fourth-order valence-electron chi connectivity index (χ4n) is 3.74. The third-order valence-electron chi connectivity index (χ3n) is 5.46. The number of anilines is 1. The third-order valence-corrected chi connectivity index (χ3v) is 5.46. The van der Waals surface area contributed by atoms with Gasteiger partial charge in [-0.15, -0.1) is 0 Å². The SMILES string of the molecule is COC(=O)c1ccccc1Cn1nc(C)c(NC(=O)c2cccc(Cn3cccn3)c2)c1C. The van der Waals surface area contributed by atoms with Crippen LogP contribution < -0.4 is 5.32 Å². The van der Waals surface area contributed by atoms with E-state index in [4.69, 9.17) is 4.74 Å². The van der Waals surface area contributed by atoms with E-state index in [1.807, 2.05) is 61.1 Å². The molecule has 0 spiro atoms. The molecule has 1 amide bonds. The molecule has 0 saturated carbocycles. The van der Waals surface area contributed by atoms with Gasteiger partial charge in [0.05, 0.1) is 42.8 Å². The lowest BCUT2D eigenvalue weighted by molar-refractivity contribution is 0.0599. The Morgan fingerprint density at radius 3 is 2.61 bits per heavy atom. The predicted molar refractivity (Wildman–Crippen MR) is 124 cm³/mol. The van der Waals surface area contributed by atoms with E-state index in [1.54, 1.807) is 29.1 Å². The van der Waals surface area contributed by atoms with Crippen LogP contribution in [0.3, 0.4) is 0 Å². The van der Waals surface area contributed by atoms with Crippen molar-refractivity contribution >= 4 is 17.6 Å². The Morgan fingerprint density at radius 2 is 1.85 bits per heavy atom. The molecule has 33 heavy (non-hydrogen) atoms. The van der Waals surface area contributed by atoms with Crippen molar-refractivity contribution in [3.8, 4) is 0 Å². The summed E-state index contributed by atoms with van der Waals surface area (Å²) in [5.41, 5.74) is 4.98. The molecule has 2 aromatic carbocycles. The number of nitrogens with zero attached hydrogens (tertiary/aromatic N) is 4. The number of amides is 1. The second-order valence-electron chi connectivity index (χ2n) is 7.71. The number of methoxy groups -OCH3 is 1. The first kappa shape index (κ1) is 22.0. The molecule has 1 N–H and O–H groups in total. The first-order valence-corrected chi connectivity index (χ1v) is 10.5. The minimum Gasteiger partial charge on any atom is -0.465 e. The Morgan fingerprint density at radius 1 is 1.03 bits per heavy atom. The summed E-state index contributed by atoms with van der Waals surface area (Å²) in [6.07, 6.45) is 3.61. The van der Waals surface area contributed by atoms with E-state index in [0.717, 1.165) is 16.8 Å². The van der Waals surface area contributed by atoms with Crippen molar-refractivity contribution in [3.05, 3.63) is 101 Å². The van der Waals surface area contributed by atoms with Gasteiger partial charge in [-0.2, -0.15) is 10.2 Å². The molecule has 2 heterocycles. The highest BCUT2D eigenvalue weighted by Crippen LogP contribution is 2.22. The van der Waals surface area contributed by atoms with Crippen LogP contribution in [0, 0.1) is 13.8 Å². The molecule has 0 saturated heterocycles. The van der Waals surface area contributed by atoms with Crippen LogP contribution in [0.2, 0.25) is 0 Å². The van der Waals surface area contributed by atoms with Crippen LogP contribution in [-0.4, -0.2) is 38.5 Å². The molecule has 8 heteroatoms. The normalized spacial score (nSPS) is 10.8. The van der Waals surface area contributed by atoms with E-state index in [1.165, 1.54) is 7.11 Å². The summed E-state index contributed by atoms with van der Waals surface area (Å²) in [4.78, 5) is 25.1. The Bertz CT molecular complexity index is 1290. The van der Waals surface area contributed by atoms with Crippen molar-refractivity contribution in [2.45, 2.75) is 26.9 Å². The van der Waals surface area contributed by atoms with Crippen LogP contribution in [0.1, 0.15) is 43.2 Å². The van der Waals surface area contributed by atoms with Crippen LogP contribution in [-0.2, 0) is 17.8 Å². The topological polar surface area (TPSA) is 91.0 Å². The van der Waals surface area contributed by atoms with Gasteiger partial charge in [0.1, 0.15) is 0 Å². The van der Waals surface area contributed by atoms with Crippen molar-refractivity contribution < 1.29 is 14.3 Å². The van der Waals surface area contributed by atoms with Crippen molar-refractivity contribution in [2.75, 3.05) is 12.4 Å². The van der Waals surface area contributed by atoms with E-state index >= 15 is 0 Å². The van der Waals surface area contributed by atoms with Crippen LogP contribution in [0.25, 0.3) is 0 Å². The fourth-order valence-corrected chi connectivity index (χ4v) is 3.74. The zero-order valence-electron chi connectivity index (χ0n) is 18.8. The zero-order valence-corrected chi connectivity index (χ0v) is 18.8. The highest BCUT2D eigenvalue weighted by Gasteiger charge is 2.18. The van der Waals surface area contributed by atoms with Crippen molar-refractivity contribution in [3.63, 3.8) is 0 Å². The van der Waals surface area contributed by atoms with Gasteiger partial charge in [0.2, 0.25) is 0 Å². The molecule has 0 atom stereocenters. The zero-order chi connectivity index (χ0) is 23.4. The van der Waals surface area contributed by atoms with Gasteiger partial charge in [0.25, 0.3) is 5.91 Å².